The Kier molecular flexibility index (Phi) is 12.6. The zero-order chi connectivity index (χ0) is 40.8. The van der Waals surface area contributed by atoms with Gasteiger partial charge in [-0.2, -0.15) is 0 Å². The number of hydrogen-bond acceptors (Lipinski definition) is 9. The van der Waals surface area contributed by atoms with Crippen molar-refractivity contribution in [3.63, 3.8) is 0 Å². The summed E-state index contributed by atoms with van der Waals surface area (Å²) < 4.78 is 15.8. The molecule has 2 aromatic carbocycles. The van der Waals surface area contributed by atoms with Gasteiger partial charge in [-0.3, -0.25) is 9.59 Å². The number of alkyl carbamates (subject to hydrolysis) is 2. The summed E-state index contributed by atoms with van der Waals surface area (Å²) in [5.41, 5.74) is 5.14. The number of aromatic nitrogens is 4. The molecule has 15 heteroatoms. The lowest BCUT2D eigenvalue weighted by molar-refractivity contribution is -0.136. The molecule has 1 aliphatic heterocycles. The molecule has 4 amide bonds. The summed E-state index contributed by atoms with van der Waals surface area (Å²) in [6.07, 6.45) is 4.61. The minimum absolute atomic E-state index is 0.116. The number of likely N-dealkylation sites (tertiary alicyclic amines) is 1. The second kappa shape index (κ2) is 17.8. The van der Waals surface area contributed by atoms with E-state index in [1.54, 1.807) is 22.2 Å². The Morgan fingerprint density at radius 2 is 1.49 bits per heavy atom. The molecule has 1 aliphatic rings. The number of H-pyrrole nitrogens is 2. The van der Waals surface area contributed by atoms with Gasteiger partial charge >= 0.3 is 12.2 Å². The zero-order valence-corrected chi connectivity index (χ0v) is 33.5. The minimum atomic E-state index is -0.719. The molecule has 0 radical (unpaired) electrons. The fourth-order valence-electron chi connectivity index (χ4n) is 7.22. The molecular formula is C42H52N8O7. The number of amides is 4. The van der Waals surface area contributed by atoms with Crippen LogP contribution in [-0.2, 0) is 25.6 Å². The third-order valence-electron chi connectivity index (χ3n) is 10.3. The van der Waals surface area contributed by atoms with Crippen LogP contribution >= 0.6 is 0 Å². The van der Waals surface area contributed by atoms with Crippen LogP contribution in [0.3, 0.4) is 0 Å². The maximum atomic E-state index is 13.6. The van der Waals surface area contributed by atoms with E-state index in [4.69, 9.17) is 13.9 Å². The number of carbonyl (C=O) groups excluding carboxylic acids is 4. The number of aromatic amines is 2. The number of methoxy groups -OCH3 is 2. The number of imidazole rings is 2. The van der Waals surface area contributed by atoms with Gasteiger partial charge in [-0.15, -0.1) is 0 Å². The molecule has 0 saturated carbocycles. The number of benzene rings is 2. The fraction of sp³-hybridized carbons (Fsp3) is 0.429. The van der Waals surface area contributed by atoms with Gasteiger partial charge < -0.3 is 44.3 Å². The highest BCUT2D eigenvalue weighted by molar-refractivity contribution is 5.88. The highest BCUT2D eigenvalue weighted by Gasteiger charge is 2.37. The van der Waals surface area contributed by atoms with E-state index < -0.39 is 24.3 Å². The molecule has 3 atom stereocenters. The Morgan fingerprint density at radius 3 is 2.16 bits per heavy atom. The van der Waals surface area contributed by atoms with E-state index in [0.29, 0.717) is 24.7 Å². The maximum Gasteiger partial charge on any atom is 0.407 e. The van der Waals surface area contributed by atoms with Gasteiger partial charge in [-0.1, -0.05) is 58.9 Å². The molecule has 6 rings (SSSR count). The van der Waals surface area contributed by atoms with Crippen LogP contribution in [0, 0.1) is 11.8 Å². The predicted octanol–water partition coefficient (Wildman–Crippen LogP) is 7.04. The van der Waals surface area contributed by atoms with Gasteiger partial charge in [0.05, 0.1) is 50.6 Å². The van der Waals surface area contributed by atoms with Gasteiger partial charge in [0, 0.05) is 29.6 Å². The fourth-order valence-corrected chi connectivity index (χ4v) is 7.22. The molecule has 4 N–H and O–H groups in total. The Bertz CT molecular complexity index is 2190. The van der Waals surface area contributed by atoms with E-state index in [9.17, 15) is 19.2 Å². The Labute approximate surface area is 331 Å². The number of ether oxygens (including phenoxy) is 2. The molecule has 3 aromatic heterocycles. The molecule has 1 saturated heterocycles. The van der Waals surface area contributed by atoms with Crippen molar-refractivity contribution in [1.29, 1.82) is 0 Å². The number of fused-ring (bicyclic) bond motifs is 1. The third kappa shape index (κ3) is 9.14. The summed E-state index contributed by atoms with van der Waals surface area (Å²) in [6.45, 7) is 10.9. The largest absolute Gasteiger partial charge is 0.456 e. The Hall–Kier alpha value is -6.12. The predicted molar refractivity (Wildman–Crippen MR) is 215 cm³/mol. The molecule has 15 nitrogen and oxygen atoms in total. The molecule has 302 valence electrons. The highest BCUT2D eigenvalue weighted by atomic mass is 16.5. The lowest BCUT2D eigenvalue weighted by Gasteiger charge is -2.30. The van der Waals surface area contributed by atoms with Crippen LogP contribution < -0.4 is 10.6 Å². The summed E-state index contributed by atoms with van der Waals surface area (Å²) >= 11 is 0. The van der Waals surface area contributed by atoms with Gasteiger partial charge in [0.1, 0.15) is 35.1 Å². The number of rotatable bonds is 14. The van der Waals surface area contributed by atoms with Gasteiger partial charge in [0.15, 0.2) is 0 Å². The second-order valence-electron chi connectivity index (χ2n) is 15.0. The standard InChI is InChI=1S/C42H52N8O7/c1-8-17-49(39(51)36(24(2)3)47-41(53)55-6)23-35-43-21-30(45-35)26-11-13-27(14-12-26)34-20-29-19-28(15-16-33(29)57-34)31-22-44-38(46-31)32-10-9-18-50(32)40(52)37(25(4)5)48-42(54)56-7/h11-16,19-22,24-25,32,36-37H,8-10,17-18,23H2,1-7H3,(H,43,45)(H,44,46)(H,47,53)(H,48,54)/t32-,36+,37+/m0/s1. The average Bonchev–Trinajstić information content (AvgIpc) is 4.04. The smallest absolute Gasteiger partial charge is 0.407 e. The van der Waals surface area contributed by atoms with Crippen molar-refractivity contribution < 1.29 is 33.1 Å². The Balaban J connectivity index is 1.13. The zero-order valence-electron chi connectivity index (χ0n) is 33.5. The lowest BCUT2D eigenvalue weighted by atomic mass is 10.0. The first kappa shape index (κ1) is 40.5. The monoisotopic (exact) mass is 780 g/mol. The molecule has 0 aliphatic carbocycles. The van der Waals surface area contributed by atoms with E-state index in [1.165, 1.54) is 14.2 Å². The quantitative estimate of drug-likeness (QED) is 0.0916. The highest BCUT2D eigenvalue weighted by Crippen LogP contribution is 2.35. The van der Waals surface area contributed by atoms with E-state index in [-0.39, 0.29) is 36.2 Å². The molecule has 1 fully saturated rings. The number of hydrogen-bond donors (Lipinski definition) is 4. The van der Waals surface area contributed by atoms with Crippen LogP contribution in [0.25, 0.3) is 44.8 Å². The van der Waals surface area contributed by atoms with Crippen LogP contribution in [0.15, 0.2) is 65.3 Å². The van der Waals surface area contributed by atoms with E-state index in [1.807, 2.05) is 83.1 Å². The van der Waals surface area contributed by atoms with Gasteiger partial charge in [-0.05, 0) is 60.9 Å². The van der Waals surface area contributed by atoms with E-state index >= 15 is 0 Å². The number of furan rings is 1. The van der Waals surface area contributed by atoms with Crippen molar-refractivity contribution in [2.75, 3.05) is 27.3 Å². The van der Waals surface area contributed by atoms with Gasteiger partial charge in [-0.25, -0.2) is 19.6 Å². The normalized spacial score (nSPS) is 15.2. The van der Waals surface area contributed by atoms with Crippen LogP contribution in [0.2, 0.25) is 0 Å². The number of nitrogens with one attached hydrogen (secondary N) is 4. The van der Waals surface area contributed by atoms with Gasteiger partial charge in [0.25, 0.3) is 0 Å². The summed E-state index contributed by atoms with van der Waals surface area (Å²) in [5, 5.41) is 6.29. The molecule has 4 heterocycles. The van der Waals surface area contributed by atoms with Crippen molar-refractivity contribution >= 4 is 35.0 Å². The summed E-state index contributed by atoms with van der Waals surface area (Å²) in [4.78, 5) is 70.5. The van der Waals surface area contributed by atoms with Gasteiger partial charge in [0.2, 0.25) is 11.8 Å². The minimum Gasteiger partial charge on any atom is -0.456 e. The van der Waals surface area contributed by atoms with E-state index in [2.05, 4.69) is 30.6 Å². The molecule has 0 unspecified atom stereocenters. The van der Waals surface area contributed by atoms with Crippen LogP contribution in [0.4, 0.5) is 9.59 Å². The number of nitrogens with zero attached hydrogens (tertiary/aromatic N) is 4. The second-order valence-corrected chi connectivity index (χ2v) is 15.0. The molecule has 57 heavy (non-hydrogen) atoms. The van der Waals surface area contributed by atoms with Crippen LogP contribution in [-0.4, -0.2) is 93.1 Å². The molecule has 0 spiro atoms. The SMILES string of the molecule is CCCN(Cc1ncc(-c2ccc(-c3cc4cc(-c5cnc([C@@H]6CCCN6C(=O)[C@H](NC(=O)OC)C(C)C)[nH]5)ccc4o3)cc2)[nH]1)C(=O)[C@H](NC(=O)OC)C(C)C. The summed E-state index contributed by atoms with van der Waals surface area (Å²) in [5.74, 6) is 1.47. The van der Waals surface area contributed by atoms with Crippen LogP contribution in [0.1, 0.15) is 71.6 Å². The van der Waals surface area contributed by atoms with Crippen molar-refractivity contribution in [2.45, 2.75) is 78.6 Å². The first-order chi connectivity index (χ1) is 27.4. The summed E-state index contributed by atoms with van der Waals surface area (Å²) in [7, 11) is 2.56. The molecule has 5 aromatic rings. The molecule has 0 bridgehead atoms. The first-order valence-corrected chi connectivity index (χ1v) is 19.4. The lowest BCUT2D eigenvalue weighted by Crippen LogP contribution is -2.51. The van der Waals surface area contributed by atoms with Crippen molar-refractivity contribution in [2.24, 2.45) is 11.8 Å². The topological polar surface area (TPSA) is 188 Å². The van der Waals surface area contributed by atoms with Crippen molar-refractivity contribution in [1.82, 2.24) is 40.4 Å². The number of carbonyl (C=O) groups is 4. The molecular weight excluding hydrogens is 729 g/mol. The van der Waals surface area contributed by atoms with E-state index in [0.717, 1.165) is 64.1 Å². The third-order valence-corrected chi connectivity index (χ3v) is 10.3. The van der Waals surface area contributed by atoms with Crippen molar-refractivity contribution in [3.8, 4) is 33.8 Å². The van der Waals surface area contributed by atoms with Crippen molar-refractivity contribution in [3.05, 3.63) is 72.6 Å². The van der Waals surface area contributed by atoms with Crippen LogP contribution in [0.5, 0.6) is 0 Å². The first-order valence-electron chi connectivity index (χ1n) is 19.4. The Morgan fingerprint density at radius 1 is 0.860 bits per heavy atom. The average molecular weight is 781 g/mol. The maximum absolute atomic E-state index is 13.6. The summed E-state index contributed by atoms with van der Waals surface area (Å²) in [6, 6.07) is 14.3.